The molecule has 3 aromatic heterocycles. The maximum atomic E-state index is 11.6. The smallest absolute Gasteiger partial charge is 0.330 e. The second-order valence-electron chi connectivity index (χ2n) is 13.9. The quantitative estimate of drug-likeness (QED) is 0.0182. The third kappa shape index (κ3) is 12.5. The van der Waals surface area contributed by atoms with E-state index in [0.717, 1.165) is 18.4 Å². The minimum absolute atomic E-state index is 0.184. The lowest BCUT2D eigenvalue weighted by molar-refractivity contribution is -0.139. The Labute approximate surface area is 377 Å². The van der Waals surface area contributed by atoms with Gasteiger partial charge >= 0.3 is 17.9 Å². The van der Waals surface area contributed by atoms with Crippen LogP contribution in [0.5, 0.6) is 17.2 Å². The second kappa shape index (κ2) is 22.6. The zero-order chi connectivity index (χ0) is 46.1. The Kier molecular flexibility index (Phi) is 15.5. The Morgan fingerprint density at radius 3 is 1.08 bits per heavy atom. The molecule has 0 aliphatic carbocycles. The minimum Gasteiger partial charge on any atom is -0.494 e. The number of aromatic nitrogens is 6. The molecule has 66 heavy (non-hydrogen) atoms. The number of rotatable bonds is 24. The Bertz CT molecular complexity index is 2630. The van der Waals surface area contributed by atoms with Gasteiger partial charge < -0.3 is 41.7 Å². The molecule has 7 rings (SSSR count). The molecular formula is C48H42N6O12. The molecule has 7 aromatic rings. The summed E-state index contributed by atoms with van der Waals surface area (Å²) in [5, 5.41) is 26.0. The van der Waals surface area contributed by atoms with E-state index < -0.39 is 11.9 Å². The summed E-state index contributed by atoms with van der Waals surface area (Å²) in [5.74, 6) is 1.79. The van der Waals surface area contributed by atoms with E-state index in [1.807, 2.05) is 0 Å². The van der Waals surface area contributed by atoms with E-state index >= 15 is 0 Å². The van der Waals surface area contributed by atoms with Crippen molar-refractivity contribution >= 4 is 17.9 Å². The summed E-state index contributed by atoms with van der Waals surface area (Å²) in [6, 6.07) is 26.6. The van der Waals surface area contributed by atoms with E-state index in [1.165, 1.54) is 0 Å². The van der Waals surface area contributed by atoms with Crippen molar-refractivity contribution in [3.05, 3.63) is 129 Å². The predicted molar refractivity (Wildman–Crippen MR) is 236 cm³/mol. The van der Waals surface area contributed by atoms with E-state index in [0.29, 0.717) is 89.7 Å². The Morgan fingerprint density at radius 1 is 0.439 bits per heavy atom. The molecule has 0 unspecified atom stereocenters. The number of hydrogen-bond donors (Lipinski definition) is 0. The van der Waals surface area contributed by atoms with Crippen molar-refractivity contribution in [1.82, 2.24) is 30.6 Å². The molecule has 0 spiro atoms. The molecule has 3 heterocycles. The van der Waals surface area contributed by atoms with Crippen LogP contribution in [0.3, 0.4) is 0 Å². The van der Waals surface area contributed by atoms with Crippen LogP contribution in [0.25, 0.3) is 68.7 Å². The highest BCUT2D eigenvalue weighted by Gasteiger charge is 2.20. The van der Waals surface area contributed by atoms with Crippen molar-refractivity contribution in [2.45, 2.75) is 25.7 Å². The topological polar surface area (TPSA) is 223 Å². The summed E-state index contributed by atoms with van der Waals surface area (Å²) in [7, 11) is 0. The Hall–Kier alpha value is -8.67. The van der Waals surface area contributed by atoms with Gasteiger partial charge in [-0.3, -0.25) is 4.79 Å². The zero-order valence-corrected chi connectivity index (χ0v) is 35.5. The first-order valence-corrected chi connectivity index (χ1v) is 20.5. The lowest BCUT2D eigenvalue weighted by atomic mass is 10.1. The third-order valence-electron chi connectivity index (χ3n) is 9.20. The van der Waals surface area contributed by atoms with Crippen LogP contribution in [0.2, 0.25) is 0 Å². The molecule has 0 fully saturated rings. The van der Waals surface area contributed by atoms with Gasteiger partial charge in [-0.25, -0.2) is 9.59 Å². The summed E-state index contributed by atoms with van der Waals surface area (Å²) >= 11 is 0. The molecule has 18 heteroatoms. The van der Waals surface area contributed by atoms with Crippen LogP contribution in [0.4, 0.5) is 0 Å². The van der Waals surface area contributed by atoms with Crippen molar-refractivity contribution in [2.75, 3.05) is 33.0 Å². The van der Waals surface area contributed by atoms with Crippen molar-refractivity contribution in [1.29, 1.82) is 0 Å². The van der Waals surface area contributed by atoms with Gasteiger partial charge in [0.15, 0.2) is 0 Å². The summed E-state index contributed by atoms with van der Waals surface area (Å²) < 4.78 is 50.5. The first-order valence-electron chi connectivity index (χ1n) is 20.5. The van der Waals surface area contributed by atoms with E-state index in [2.05, 4.69) is 50.3 Å². The molecule has 4 aromatic carbocycles. The van der Waals surface area contributed by atoms with Crippen molar-refractivity contribution in [3.8, 4) is 86.0 Å². The average Bonchev–Trinajstić information content (AvgIpc) is 4.16. The Morgan fingerprint density at radius 2 is 0.758 bits per heavy atom. The van der Waals surface area contributed by atoms with Crippen molar-refractivity contribution < 1.29 is 56.1 Å². The number of benzene rings is 4. The second-order valence-corrected chi connectivity index (χ2v) is 13.9. The minimum atomic E-state index is -0.482. The van der Waals surface area contributed by atoms with Crippen LogP contribution in [-0.4, -0.2) is 81.5 Å². The standard InChI is InChI=1S/C48H42N6O12/c1-4-40(55)62-26-8-24-60-38-19-13-32(14-20-38)44-50-53-47(65-44)35-28-34(46-52-49-43(64-46)31-11-17-37(18-12-31)59-23-7-10-42(57)58-6-3)29-36(30-35)48-54-51-45(66-48)33-15-21-39(22-16-33)61-25-9-27-63-41(56)5-2/h4-6,11-22,28-30H,1-3,7-10,23-27H2. The molecule has 0 saturated carbocycles. The molecule has 0 aliphatic rings. The van der Waals surface area contributed by atoms with Crippen LogP contribution in [0, 0.1) is 0 Å². The van der Waals surface area contributed by atoms with Gasteiger partial charge in [-0.05, 0) is 97.4 Å². The lowest BCUT2D eigenvalue weighted by Gasteiger charge is -2.06. The fourth-order valence-electron chi connectivity index (χ4n) is 5.97. The number of nitrogens with zero attached hydrogens (tertiary/aromatic N) is 6. The average molecular weight is 895 g/mol. The first-order chi connectivity index (χ1) is 32.3. The maximum Gasteiger partial charge on any atom is 0.330 e. The molecule has 0 saturated heterocycles. The molecule has 0 N–H and O–H groups in total. The summed E-state index contributed by atoms with van der Waals surface area (Å²) in [6.07, 6.45) is 5.03. The number of ether oxygens (including phenoxy) is 6. The van der Waals surface area contributed by atoms with Crippen LogP contribution in [0.15, 0.2) is 142 Å². The number of carbonyl (C=O) groups excluding carboxylic acids is 3. The highest BCUT2D eigenvalue weighted by atomic mass is 16.5. The van der Waals surface area contributed by atoms with E-state index in [-0.39, 0.29) is 60.9 Å². The zero-order valence-electron chi connectivity index (χ0n) is 35.5. The number of carbonyl (C=O) groups is 3. The van der Waals surface area contributed by atoms with Gasteiger partial charge in [0.1, 0.15) is 17.2 Å². The molecule has 0 amide bonds. The van der Waals surface area contributed by atoms with Gasteiger partial charge in [0.25, 0.3) is 0 Å². The third-order valence-corrected chi connectivity index (χ3v) is 9.20. The molecule has 0 atom stereocenters. The van der Waals surface area contributed by atoms with E-state index in [4.69, 9.17) is 41.7 Å². The summed E-state index contributed by atoms with van der Waals surface area (Å²) in [4.78, 5) is 34.1. The first kappa shape index (κ1) is 45.4. The normalized spacial score (nSPS) is 10.7. The molecular weight excluding hydrogens is 853 g/mol. The van der Waals surface area contributed by atoms with Crippen LogP contribution in [-0.2, 0) is 28.6 Å². The van der Waals surface area contributed by atoms with Gasteiger partial charge in [-0.2, -0.15) is 0 Å². The molecule has 0 bridgehead atoms. The molecule has 336 valence electrons. The predicted octanol–water partition coefficient (Wildman–Crippen LogP) is 8.68. The fraction of sp³-hybridized carbons (Fsp3) is 0.188. The van der Waals surface area contributed by atoms with Crippen molar-refractivity contribution in [3.63, 3.8) is 0 Å². The van der Waals surface area contributed by atoms with Crippen LogP contribution >= 0.6 is 0 Å². The van der Waals surface area contributed by atoms with Gasteiger partial charge in [-0.1, -0.05) is 19.7 Å². The number of hydrogen-bond acceptors (Lipinski definition) is 18. The number of esters is 3. The van der Waals surface area contributed by atoms with Crippen molar-refractivity contribution in [2.24, 2.45) is 0 Å². The molecule has 0 radical (unpaired) electrons. The van der Waals surface area contributed by atoms with Gasteiger partial charge in [0, 0.05) is 64.8 Å². The maximum absolute atomic E-state index is 11.6. The monoisotopic (exact) mass is 894 g/mol. The van der Waals surface area contributed by atoms with Crippen LogP contribution in [0.1, 0.15) is 25.7 Å². The summed E-state index contributed by atoms with van der Waals surface area (Å²) in [6.45, 7) is 11.6. The highest BCUT2D eigenvalue weighted by Crippen LogP contribution is 2.35. The van der Waals surface area contributed by atoms with Gasteiger partial charge in [-0.15, -0.1) is 30.6 Å². The van der Waals surface area contributed by atoms with Crippen LogP contribution < -0.4 is 14.2 Å². The summed E-state index contributed by atoms with van der Waals surface area (Å²) in [5.41, 5.74) is 3.44. The Balaban J connectivity index is 1.09. The van der Waals surface area contributed by atoms with E-state index in [9.17, 15) is 14.4 Å². The van der Waals surface area contributed by atoms with Gasteiger partial charge in [0.05, 0.1) is 39.3 Å². The van der Waals surface area contributed by atoms with E-state index in [1.54, 1.807) is 91.0 Å². The lowest BCUT2D eigenvalue weighted by Crippen LogP contribution is -2.06. The van der Waals surface area contributed by atoms with Gasteiger partial charge in [0.2, 0.25) is 35.3 Å². The highest BCUT2D eigenvalue weighted by molar-refractivity contribution is 5.81. The largest absolute Gasteiger partial charge is 0.494 e. The molecule has 18 nitrogen and oxygen atoms in total. The molecule has 0 aliphatic heterocycles. The SMILES string of the molecule is C=COC(=O)CCCOc1ccc(-c2nnc(-c3cc(-c4nnc(-c5ccc(OCCCOC(=O)C=C)cc5)o4)cc(-c4nnc(-c5ccc(OCCCOC(=O)C=C)cc5)o4)c3)o2)cc1. The fourth-order valence-corrected chi connectivity index (χ4v) is 5.97.